The number of alkyl halides is 3. The lowest BCUT2D eigenvalue weighted by molar-refractivity contribution is -0.137. The second-order valence-electron chi connectivity index (χ2n) is 7.07. The lowest BCUT2D eigenvalue weighted by Gasteiger charge is -2.43. The second kappa shape index (κ2) is 5.96. The smallest absolute Gasteiger partial charge is 0.390 e. The molecular formula is C19H20F3N3O. The van der Waals surface area contributed by atoms with Gasteiger partial charge in [0.05, 0.1) is 17.7 Å². The number of benzene rings is 1. The Kier molecular flexibility index (Phi) is 3.96. The van der Waals surface area contributed by atoms with E-state index < -0.39 is 29.3 Å². The molecule has 4 nitrogen and oxygen atoms in total. The number of piperidine rings is 1. The van der Waals surface area contributed by atoms with E-state index in [0.717, 1.165) is 17.2 Å². The van der Waals surface area contributed by atoms with Crippen molar-refractivity contribution in [1.29, 1.82) is 0 Å². The normalized spacial score (nSPS) is 24.7. The van der Waals surface area contributed by atoms with Gasteiger partial charge in [0.15, 0.2) is 0 Å². The van der Waals surface area contributed by atoms with Crippen molar-refractivity contribution < 1.29 is 18.3 Å². The van der Waals surface area contributed by atoms with E-state index in [-0.39, 0.29) is 5.82 Å². The molecule has 0 saturated carbocycles. The first-order chi connectivity index (χ1) is 12.3. The van der Waals surface area contributed by atoms with Crippen molar-refractivity contribution in [2.75, 3.05) is 18.0 Å². The fraction of sp³-hybridized carbons (Fsp3) is 0.421. The van der Waals surface area contributed by atoms with Crippen molar-refractivity contribution in [2.24, 2.45) is 5.73 Å². The summed E-state index contributed by atoms with van der Waals surface area (Å²) in [4.78, 5) is 5.64. The van der Waals surface area contributed by atoms with Crippen LogP contribution in [0.1, 0.15) is 35.6 Å². The minimum atomic E-state index is -4.44. The summed E-state index contributed by atoms with van der Waals surface area (Å²) in [7, 11) is 0. The number of hydrogen-bond donors (Lipinski definition) is 2. The molecule has 0 amide bonds. The molecule has 0 bridgehead atoms. The standard InChI is InChI=1S/C19H20F3N3O/c20-19(21,22)14-6-3-9-24-17(14)25-10-7-18(8-11-25)13-5-2-1-4-12(13)15(23)16(18)26/h1-6,9,15-16,26H,7-8,10-11,23H2/t15-,16+/m0/s1. The predicted octanol–water partition coefficient (Wildman–Crippen LogP) is 3.01. The number of anilines is 1. The van der Waals surface area contributed by atoms with Crippen molar-refractivity contribution in [1.82, 2.24) is 4.98 Å². The maximum absolute atomic E-state index is 13.3. The Hall–Kier alpha value is -2.12. The summed E-state index contributed by atoms with van der Waals surface area (Å²) in [6.07, 6.45) is -2.72. The molecule has 7 heteroatoms. The zero-order valence-electron chi connectivity index (χ0n) is 14.1. The molecule has 3 N–H and O–H groups in total. The molecular weight excluding hydrogens is 343 g/mol. The minimum absolute atomic E-state index is 0.0417. The lowest BCUT2D eigenvalue weighted by atomic mass is 9.72. The SMILES string of the molecule is N[C@H]1c2ccccc2C2(CCN(c3ncccc3C(F)(F)F)CC2)[C@@H]1O. The Morgan fingerprint density at radius 3 is 2.50 bits per heavy atom. The van der Waals surface area contributed by atoms with E-state index in [1.807, 2.05) is 24.3 Å². The van der Waals surface area contributed by atoms with E-state index in [4.69, 9.17) is 5.73 Å². The Bertz CT molecular complexity index is 816. The molecule has 0 unspecified atom stereocenters. The summed E-state index contributed by atoms with van der Waals surface area (Å²) in [5.74, 6) is -0.0417. The van der Waals surface area contributed by atoms with Crippen molar-refractivity contribution in [3.63, 3.8) is 0 Å². The van der Waals surface area contributed by atoms with Gasteiger partial charge in [0.25, 0.3) is 0 Å². The zero-order chi connectivity index (χ0) is 18.5. The van der Waals surface area contributed by atoms with Crippen LogP contribution in [0.2, 0.25) is 0 Å². The van der Waals surface area contributed by atoms with Gasteiger partial charge in [-0.1, -0.05) is 24.3 Å². The first kappa shape index (κ1) is 17.3. The molecule has 138 valence electrons. The summed E-state index contributed by atoms with van der Waals surface area (Å²) < 4.78 is 39.9. The molecule has 2 heterocycles. The number of fused-ring (bicyclic) bond motifs is 2. The second-order valence-corrected chi connectivity index (χ2v) is 7.07. The van der Waals surface area contributed by atoms with Crippen LogP contribution in [0.3, 0.4) is 0 Å². The van der Waals surface area contributed by atoms with Gasteiger partial charge in [-0.05, 0) is 36.1 Å². The van der Waals surface area contributed by atoms with Crippen molar-refractivity contribution in [3.8, 4) is 0 Å². The van der Waals surface area contributed by atoms with Gasteiger partial charge in [-0.3, -0.25) is 0 Å². The molecule has 2 aliphatic rings. The van der Waals surface area contributed by atoms with E-state index in [9.17, 15) is 18.3 Å². The quantitative estimate of drug-likeness (QED) is 0.818. The number of hydrogen-bond acceptors (Lipinski definition) is 4. The third kappa shape index (κ3) is 2.49. The molecule has 1 fully saturated rings. The van der Waals surface area contributed by atoms with Crippen LogP contribution >= 0.6 is 0 Å². The van der Waals surface area contributed by atoms with Crippen LogP contribution in [0, 0.1) is 0 Å². The van der Waals surface area contributed by atoms with E-state index in [1.54, 1.807) is 4.90 Å². The van der Waals surface area contributed by atoms with Gasteiger partial charge in [-0.25, -0.2) is 4.98 Å². The summed E-state index contributed by atoms with van der Waals surface area (Å²) in [5.41, 5.74) is 6.93. The first-order valence-electron chi connectivity index (χ1n) is 8.65. The van der Waals surface area contributed by atoms with Gasteiger partial charge in [0.2, 0.25) is 0 Å². The zero-order valence-corrected chi connectivity index (χ0v) is 14.1. The topological polar surface area (TPSA) is 62.4 Å². The Balaban J connectivity index is 1.63. The van der Waals surface area contributed by atoms with Gasteiger partial charge >= 0.3 is 6.18 Å². The average Bonchev–Trinajstić information content (AvgIpc) is 2.85. The average molecular weight is 363 g/mol. The molecule has 26 heavy (non-hydrogen) atoms. The highest BCUT2D eigenvalue weighted by Gasteiger charge is 2.51. The van der Waals surface area contributed by atoms with Gasteiger partial charge in [0.1, 0.15) is 5.82 Å². The summed E-state index contributed by atoms with van der Waals surface area (Å²) in [6, 6.07) is 9.60. The van der Waals surface area contributed by atoms with Crippen LogP contribution in [0.4, 0.5) is 19.0 Å². The molecule has 1 saturated heterocycles. The summed E-state index contributed by atoms with van der Waals surface area (Å²) in [6.45, 7) is 0.774. The van der Waals surface area contributed by atoms with Gasteiger partial charge in [0, 0.05) is 24.7 Å². The maximum Gasteiger partial charge on any atom is 0.419 e. The van der Waals surface area contributed by atoms with Crippen LogP contribution in [0.25, 0.3) is 0 Å². The van der Waals surface area contributed by atoms with Crippen molar-refractivity contribution >= 4 is 5.82 Å². The molecule has 1 aliphatic carbocycles. The third-order valence-electron chi connectivity index (χ3n) is 5.81. The number of nitrogens with zero attached hydrogens (tertiary/aromatic N) is 2. The minimum Gasteiger partial charge on any atom is -0.390 e. The molecule has 1 aromatic heterocycles. The highest BCUT2D eigenvalue weighted by atomic mass is 19.4. The first-order valence-corrected chi connectivity index (χ1v) is 8.65. The molecule has 1 aliphatic heterocycles. The monoisotopic (exact) mass is 363 g/mol. The fourth-order valence-electron chi connectivity index (χ4n) is 4.47. The number of aliphatic hydroxyl groups is 1. The van der Waals surface area contributed by atoms with E-state index >= 15 is 0 Å². The lowest BCUT2D eigenvalue weighted by Crippen LogP contribution is -2.49. The summed E-state index contributed by atoms with van der Waals surface area (Å²) >= 11 is 0. The number of aliphatic hydroxyl groups excluding tert-OH is 1. The Labute approximate surface area is 149 Å². The van der Waals surface area contributed by atoms with Gasteiger partial charge in [-0.15, -0.1) is 0 Å². The van der Waals surface area contributed by atoms with Crippen LogP contribution in [0.5, 0.6) is 0 Å². The Morgan fingerprint density at radius 1 is 1.12 bits per heavy atom. The number of aromatic nitrogens is 1. The predicted molar refractivity (Wildman–Crippen MR) is 91.7 cm³/mol. The molecule has 1 spiro atoms. The third-order valence-corrected chi connectivity index (χ3v) is 5.81. The van der Waals surface area contributed by atoms with Crippen molar-refractivity contribution in [2.45, 2.75) is 36.6 Å². The highest BCUT2D eigenvalue weighted by Crippen LogP contribution is 2.50. The number of nitrogens with two attached hydrogens (primary N) is 1. The van der Waals surface area contributed by atoms with Crippen LogP contribution in [-0.2, 0) is 11.6 Å². The van der Waals surface area contributed by atoms with Gasteiger partial charge < -0.3 is 15.7 Å². The largest absolute Gasteiger partial charge is 0.419 e. The summed E-state index contributed by atoms with van der Waals surface area (Å²) in [5, 5.41) is 10.8. The molecule has 1 aromatic carbocycles. The van der Waals surface area contributed by atoms with E-state index in [2.05, 4.69) is 4.98 Å². The van der Waals surface area contributed by atoms with Crippen molar-refractivity contribution in [3.05, 3.63) is 59.3 Å². The molecule has 2 atom stereocenters. The molecule has 4 rings (SSSR count). The Morgan fingerprint density at radius 2 is 1.81 bits per heavy atom. The number of pyridine rings is 1. The van der Waals surface area contributed by atoms with Crippen LogP contribution < -0.4 is 10.6 Å². The highest BCUT2D eigenvalue weighted by molar-refractivity contribution is 5.51. The van der Waals surface area contributed by atoms with E-state index in [1.165, 1.54) is 12.3 Å². The van der Waals surface area contributed by atoms with Crippen LogP contribution in [-0.4, -0.2) is 29.3 Å². The van der Waals surface area contributed by atoms with Crippen LogP contribution in [0.15, 0.2) is 42.6 Å². The molecule has 2 aromatic rings. The maximum atomic E-state index is 13.3. The van der Waals surface area contributed by atoms with E-state index in [0.29, 0.717) is 25.9 Å². The number of rotatable bonds is 1. The molecule has 0 radical (unpaired) electrons. The fourth-order valence-corrected chi connectivity index (χ4v) is 4.47. The van der Waals surface area contributed by atoms with Gasteiger partial charge in [-0.2, -0.15) is 13.2 Å². The number of halogens is 3.